The lowest BCUT2D eigenvalue weighted by Gasteiger charge is -2.23. The highest BCUT2D eigenvalue weighted by Crippen LogP contribution is 2.35. The van der Waals surface area contributed by atoms with E-state index in [-0.39, 0.29) is 16.6 Å². The van der Waals surface area contributed by atoms with Crippen LogP contribution < -0.4 is 15.8 Å². The molecule has 49 heavy (non-hydrogen) atoms. The number of halogens is 6. The van der Waals surface area contributed by atoms with Crippen LogP contribution in [0, 0.1) is 17.6 Å². The van der Waals surface area contributed by atoms with Crippen molar-refractivity contribution in [2.45, 2.75) is 38.4 Å². The Kier molecular flexibility index (Phi) is 11.0. The van der Waals surface area contributed by atoms with Crippen LogP contribution in [-0.2, 0) is 9.59 Å². The van der Waals surface area contributed by atoms with Crippen molar-refractivity contribution in [3.63, 3.8) is 0 Å². The van der Waals surface area contributed by atoms with Crippen molar-refractivity contribution < 1.29 is 46.5 Å². The normalized spacial score (nSPS) is 16.1. The van der Waals surface area contributed by atoms with E-state index in [9.17, 15) is 41.4 Å². The third kappa shape index (κ3) is 8.38. The fraction of sp³-hybridized carbons (Fsp3) is 0.250. The number of amides is 2. The Bertz CT molecular complexity index is 1970. The van der Waals surface area contributed by atoms with Gasteiger partial charge in [-0.25, -0.2) is 23.4 Å². The van der Waals surface area contributed by atoms with E-state index in [0.29, 0.717) is 47.5 Å². The zero-order valence-corrected chi connectivity index (χ0v) is 26.4. The van der Waals surface area contributed by atoms with E-state index >= 15 is 0 Å². The quantitative estimate of drug-likeness (QED) is 0.152. The predicted octanol–water partition coefficient (Wildman–Crippen LogP) is 7.00. The maximum Gasteiger partial charge on any atom is 0.490 e. The van der Waals surface area contributed by atoms with Crippen molar-refractivity contribution in [1.29, 1.82) is 0 Å². The van der Waals surface area contributed by atoms with Gasteiger partial charge in [0.05, 0.1) is 40.0 Å². The first-order valence-electron chi connectivity index (χ1n) is 14.4. The molecule has 1 aliphatic rings. The fourth-order valence-corrected chi connectivity index (χ4v) is 5.14. The maximum absolute atomic E-state index is 14.6. The number of aliphatic carboxylic acids is 1. The van der Waals surface area contributed by atoms with Gasteiger partial charge in [0, 0.05) is 36.5 Å². The van der Waals surface area contributed by atoms with Crippen LogP contribution in [0.25, 0.3) is 22.4 Å². The predicted molar refractivity (Wildman–Crippen MR) is 168 cm³/mol. The van der Waals surface area contributed by atoms with Gasteiger partial charge >= 0.3 is 18.2 Å². The number of benzene rings is 2. The summed E-state index contributed by atoms with van der Waals surface area (Å²) >= 11 is 5.83. The SMILES string of the molecule is C[C@@H]1CCC[C@H](n2cnc(-c3c(F)ccc(Cl)c3F)cc2=O)c2cc(ccn2)-c2ccc(N(C)C(=O)O)cc2NC1=O.O=C(O)C(F)(F)F. The van der Waals surface area contributed by atoms with Gasteiger partial charge < -0.3 is 15.5 Å². The number of carbonyl (C=O) groups is 3. The van der Waals surface area contributed by atoms with Crippen molar-refractivity contribution in [3.05, 3.63) is 93.8 Å². The van der Waals surface area contributed by atoms with Gasteiger partial charge in [-0.15, -0.1) is 0 Å². The number of hydrogen-bond donors (Lipinski definition) is 3. The molecule has 0 saturated carbocycles. The zero-order valence-electron chi connectivity index (χ0n) is 25.6. The van der Waals surface area contributed by atoms with E-state index < -0.39 is 53.0 Å². The third-order valence-corrected chi connectivity index (χ3v) is 7.94. The van der Waals surface area contributed by atoms with Crippen LogP contribution in [0.1, 0.15) is 37.9 Å². The molecule has 0 fully saturated rings. The van der Waals surface area contributed by atoms with E-state index in [1.54, 1.807) is 43.5 Å². The Morgan fingerprint density at radius 2 is 1.71 bits per heavy atom. The highest BCUT2D eigenvalue weighted by atomic mass is 35.5. The van der Waals surface area contributed by atoms with Gasteiger partial charge in [0.1, 0.15) is 5.82 Å². The Labute approximate surface area is 279 Å². The number of rotatable bonds is 3. The van der Waals surface area contributed by atoms with Crippen molar-refractivity contribution in [2.75, 3.05) is 17.3 Å². The first kappa shape index (κ1) is 36.5. The number of aromatic nitrogens is 3. The second-order valence-electron chi connectivity index (χ2n) is 10.9. The van der Waals surface area contributed by atoms with E-state index in [1.807, 2.05) is 0 Å². The number of anilines is 2. The molecule has 0 saturated heterocycles. The van der Waals surface area contributed by atoms with Crippen LogP contribution in [0.5, 0.6) is 0 Å². The zero-order chi connectivity index (χ0) is 36.2. The molecule has 2 bridgehead atoms. The lowest BCUT2D eigenvalue weighted by Crippen LogP contribution is -2.27. The van der Waals surface area contributed by atoms with Gasteiger partial charge in [-0.3, -0.25) is 24.0 Å². The van der Waals surface area contributed by atoms with Crippen molar-refractivity contribution in [3.8, 4) is 22.4 Å². The Balaban J connectivity index is 0.000000698. The third-order valence-electron chi connectivity index (χ3n) is 7.65. The second-order valence-corrected chi connectivity index (χ2v) is 11.3. The van der Waals surface area contributed by atoms with Gasteiger partial charge in [0.25, 0.3) is 5.56 Å². The Hall–Kier alpha value is -5.38. The first-order chi connectivity index (χ1) is 23.0. The van der Waals surface area contributed by atoms with Crippen molar-refractivity contribution >= 4 is 40.9 Å². The lowest BCUT2D eigenvalue weighted by molar-refractivity contribution is -0.192. The van der Waals surface area contributed by atoms with E-state index in [1.165, 1.54) is 17.9 Å². The minimum Gasteiger partial charge on any atom is -0.475 e. The highest BCUT2D eigenvalue weighted by Gasteiger charge is 2.38. The monoisotopic (exact) mass is 707 g/mol. The number of pyridine rings is 1. The van der Waals surface area contributed by atoms with Crippen LogP contribution in [0.15, 0.2) is 65.8 Å². The van der Waals surface area contributed by atoms with Crippen LogP contribution in [-0.4, -0.2) is 55.9 Å². The number of hydrogen-bond acceptors (Lipinski definition) is 6. The number of carboxylic acids is 1. The van der Waals surface area contributed by atoms with Crippen LogP contribution in [0.3, 0.4) is 0 Å². The lowest BCUT2D eigenvalue weighted by atomic mass is 9.95. The summed E-state index contributed by atoms with van der Waals surface area (Å²) in [5.41, 5.74) is 1.43. The van der Waals surface area contributed by atoms with E-state index in [4.69, 9.17) is 21.5 Å². The minimum atomic E-state index is -5.08. The van der Waals surface area contributed by atoms with E-state index in [2.05, 4.69) is 15.3 Å². The molecule has 3 N–H and O–H groups in total. The van der Waals surface area contributed by atoms with Crippen LogP contribution >= 0.6 is 11.6 Å². The fourth-order valence-electron chi connectivity index (χ4n) is 4.98. The molecular weight excluding hydrogens is 681 g/mol. The van der Waals surface area contributed by atoms with Crippen LogP contribution in [0.2, 0.25) is 5.02 Å². The smallest absolute Gasteiger partial charge is 0.475 e. The summed E-state index contributed by atoms with van der Waals surface area (Å²) in [5.74, 6) is -5.29. The summed E-state index contributed by atoms with van der Waals surface area (Å²) < 4.78 is 62.2. The highest BCUT2D eigenvalue weighted by molar-refractivity contribution is 6.31. The molecule has 5 rings (SSSR count). The number of carbonyl (C=O) groups excluding carboxylic acids is 1. The maximum atomic E-state index is 14.6. The summed E-state index contributed by atoms with van der Waals surface area (Å²) in [7, 11) is 1.41. The molecular formula is C32H27ClF5N5O6. The van der Waals surface area contributed by atoms with Crippen molar-refractivity contribution in [1.82, 2.24) is 14.5 Å². The average Bonchev–Trinajstić information content (AvgIpc) is 3.04. The molecule has 2 aromatic carbocycles. The number of fused-ring (bicyclic) bond motifs is 4. The number of carboxylic acid groups (broad SMARTS) is 2. The molecule has 258 valence electrons. The molecule has 0 spiro atoms. The molecule has 11 nitrogen and oxygen atoms in total. The number of nitrogens with zero attached hydrogens (tertiary/aromatic N) is 4. The summed E-state index contributed by atoms with van der Waals surface area (Å²) in [6.45, 7) is 1.79. The first-order valence-corrected chi connectivity index (χ1v) is 14.8. The standard InChI is InChI=1S/C30H26ClF2N5O4.C2HF3O2/c1-16-4-3-5-25(38-15-35-24(14-26(38)39)27-21(32)9-8-20(31)28(27)33)23-12-17(10-11-34-23)19-7-6-18(37(2)30(41)42)13-22(19)36-29(16)40;3-2(4,5)1(6)7/h6-16,25H,3-5H2,1-2H3,(H,36,40)(H,41,42);(H,6,7)/t16-,25+;/m1./s1. The molecule has 17 heteroatoms. The molecule has 2 aromatic heterocycles. The largest absolute Gasteiger partial charge is 0.490 e. The topological polar surface area (TPSA) is 155 Å². The van der Waals surface area contributed by atoms with Gasteiger partial charge in [0.15, 0.2) is 5.82 Å². The Morgan fingerprint density at radius 1 is 1.02 bits per heavy atom. The molecule has 4 aromatic rings. The summed E-state index contributed by atoms with van der Waals surface area (Å²) in [5, 5.41) is 19.2. The summed E-state index contributed by atoms with van der Waals surface area (Å²) in [6, 6.07) is 11.0. The molecule has 1 aliphatic heterocycles. The number of alkyl halides is 3. The molecule has 2 amide bonds. The number of nitrogens with one attached hydrogen (secondary N) is 1. The molecule has 0 unspecified atom stereocenters. The van der Waals surface area contributed by atoms with Crippen LogP contribution in [0.4, 0.5) is 38.1 Å². The van der Waals surface area contributed by atoms with Gasteiger partial charge in [-0.1, -0.05) is 31.0 Å². The van der Waals surface area contributed by atoms with Gasteiger partial charge in [0.2, 0.25) is 5.91 Å². The molecule has 0 radical (unpaired) electrons. The van der Waals surface area contributed by atoms with E-state index in [0.717, 1.165) is 23.1 Å². The minimum absolute atomic E-state index is 0.190. The molecule has 3 heterocycles. The molecule has 0 aliphatic carbocycles. The Morgan fingerprint density at radius 3 is 2.35 bits per heavy atom. The second kappa shape index (κ2) is 14.8. The summed E-state index contributed by atoms with van der Waals surface area (Å²) in [6.07, 6.45) is -1.94. The van der Waals surface area contributed by atoms with Gasteiger partial charge in [-0.2, -0.15) is 13.2 Å². The van der Waals surface area contributed by atoms with Gasteiger partial charge in [-0.05, 0) is 54.8 Å². The molecule has 2 atom stereocenters. The average molecular weight is 708 g/mol. The van der Waals surface area contributed by atoms with Crippen molar-refractivity contribution in [2.24, 2.45) is 5.92 Å². The summed E-state index contributed by atoms with van der Waals surface area (Å²) in [4.78, 5) is 56.7.